The van der Waals surface area contributed by atoms with E-state index in [0.29, 0.717) is 6.54 Å². The summed E-state index contributed by atoms with van der Waals surface area (Å²) in [5.41, 5.74) is 0.617. The SMILES string of the molecule is Cc1ccc(C(=O)N(Cc2nccn2C)C2CC2)c(=O)[nH]1. The molecule has 0 radical (unpaired) electrons. The molecule has 0 saturated heterocycles. The van der Waals surface area contributed by atoms with Crippen LogP contribution in [0.3, 0.4) is 0 Å². The average molecular weight is 286 g/mol. The summed E-state index contributed by atoms with van der Waals surface area (Å²) in [7, 11) is 1.90. The predicted octanol–water partition coefficient (Wildman–Crippen LogP) is 1.22. The van der Waals surface area contributed by atoms with Crippen molar-refractivity contribution in [2.45, 2.75) is 32.4 Å². The van der Waals surface area contributed by atoms with Gasteiger partial charge < -0.3 is 14.5 Å². The molecular formula is C15H18N4O2. The van der Waals surface area contributed by atoms with Crippen molar-refractivity contribution in [1.29, 1.82) is 0 Å². The third-order valence-electron chi connectivity index (χ3n) is 3.77. The van der Waals surface area contributed by atoms with Crippen molar-refractivity contribution in [2.75, 3.05) is 0 Å². The number of imidazole rings is 1. The van der Waals surface area contributed by atoms with Gasteiger partial charge >= 0.3 is 0 Å². The van der Waals surface area contributed by atoms with Gasteiger partial charge in [-0.05, 0) is 31.9 Å². The van der Waals surface area contributed by atoms with Gasteiger partial charge in [0.1, 0.15) is 11.4 Å². The van der Waals surface area contributed by atoms with Crippen LogP contribution in [0.2, 0.25) is 0 Å². The zero-order valence-electron chi connectivity index (χ0n) is 12.2. The fraction of sp³-hybridized carbons (Fsp3) is 0.400. The number of carbonyl (C=O) groups is 1. The van der Waals surface area contributed by atoms with Gasteiger partial charge in [-0.15, -0.1) is 0 Å². The molecule has 1 saturated carbocycles. The highest BCUT2D eigenvalue weighted by molar-refractivity contribution is 5.94. The first-order valence-corrected chi connectivity index (χ1v) is 7.03. The lowest BCUT2D eigenvalue weighted by Crippen LogP contribution is -2.36. The van der Waals surface area contributed by atoms with Crippen LogP contribution in [-0.2, 0) is 13.6 Å². The maximum atomic E-state index is 12.7. The zero-order valence-corrected chi connectivity index (χ0v) is 12.2. The molecule has 1 aliphatic carbocycles. The van der Waals surface area contributed by atoms with Crippen LogP contribution in [0.15, 0.2) is 29.3 Å². The summed E-state index contributed by atoms with van der Waals surface area (Å²) in [5.74, 6) is 0.598. The summed E-state index contributed by atoms with van der Waals surface area (Å²) >= 11 is 0. The number of amides is 1. The monoisotopic (exact) mass is 286 g/mol. The molecule has 1 N–H and O–H groups in total. The lowest BCUT2D eigenvalue weighted by molar-refractivity contribution is 0.0722. The quantitative estimate of drug-likeness (QED) is 0.918. The number of carbonyl (C=O) groups excluding carboxylic acids is 1. The van der Waals surface area contributed by atoms with E-state index in [-0.39, 0.29) is 23.1 Å². The van der Waals surface area contributed by atoms with Crippen LogP contribution < -0.4 is 5.56 Å². The molecule has 2 aromatic rings. The molecule has 0 spiro atoms. The van der Waals surface area contributed by atoms with Crippen LogP contribution >= 0.6 is 0 Å². The average Bonchev–Trinajstić information content (AvgIpc) is 3.19. The number of hydrogen-bond acceptors (Lipinski definition) is 3. The van der Waals surface area contributed by atoms with Crippen molar-refractivity contribution >= 4 is 5.91 Å². The van der Waals surface area contributed by atoms with Gasteiger partial charge in [-0.3, -0.25) is 9.59 Å². The van der Waals surface area contributed by atoms with Gasteiger partial charge in [0.2, 0.25) is 0 Å². The third kappa shape index (κ3) is 2.74. The minimum absolute atomic E-state index is 0.196. The second-order valence-electron chi connectivity index (χ2n) is 5.50. The molecule has 0 aliphatic heterocycles. The van der Waals surface area contributed by atoms with Crippen LogP contribution in [-0.4, -0.2) is 31.4 Å². The fourth-order valence-corrected chi connectivity index (χ4v) is 2.35. The predicted molar refractivity (Wildman–Crippen MR) is 77.9 cm³/mol. The molecule has 3 rings (SSSR count). The topological polar surface area (TPSA) is 71.0 Å². The molecule has 1 aliphatic rings. The molecule has 0 bridgehead atoms. The smallest absolute Gasteiger partial charge is 0.260 e. The number of aryl methyl sites for hydroxylation is 2. The maximum absolute atomic E-state index is 12.7. The zero-order chi connectivity index (χ0) is 15.0. The van der Waals surface area contributed by atoms with E-state index in [0.717, 1.165) is 24.4 Å². The van der Waals surface area contributed by atoms with E-state index in [1.54, 1.807) is 30.2 Å². The Kier molecular flexibility index (Phi) is 3.37. The number of nitrogens with one attached hydrogen (secondary N) is 1. The number of rotatable bonds is 4. The van der Waals surface area contributed by atoms with E-state index in [9.17, 15) is 9.59 Å². The summed E-state index contributed by atoms with van der Waals surface area (Å²) in [5, 5.41) is 0. The number of pyridine rings is 1. The lowest BCUT2D eigenvalue weighted by Gasteiger charge is -2.21. The Morgan fingerprint density at radius 1 is 1.48 bits per heavy atom. The van der Waals surface area contributed by atoms with Crippen molar-refractivity contribution in [1.82, 2.24) is 19.4 Å². The van der Waals surface area contributed by atoms with Crippen molar-refractivity contribution in [2.24, 2.45) is 7.05 Å². The van der Waals surface area contributed by atoms with Crippen molar-refractivity contribution in [3.63, 3.8) is 0 Å². The van der Waals surface area contributed by atoms with E-state index in [1.165, 1.54) is 0 Å². The molecule has 110 valence electrons. The van der Waals surface area contributed by atoms with Gasteiger partial charge in [-0.1, -0.05) is 0 Å². The Labute approximate surface area is 122 Å². The molecule has 21 heavy (non-hydrogen) atoms. The summed E-state index contributed by atoms with van der Waals surface area (Å²) in [6.45, 7) is 2.22. The summed E-state index contributed by atoms with van der Waals surface area (Å²) in [6.07, 6.45) is 5.53. The first kappa shape index (κ1) is 13.6. The highest BCUT2D eigenvalue weighted by atomic mass is 16.2. The molecular weight excluding hydrogens is 268 g/mol. The Morgan fingerprint density at radius 2 is 2.24 bits per heavy atom. The molecule has 1 fully saturated rings. The van der Waals surface area contributed by atoms with E-state index in [2.05, 4.69) is 9.97 Å². The van der Waals surface area contributed by atoms with Crippen molar-refractivity contribution in [3.05, 3.63) is 52.0 Å². The number of aromatic nitrogens is 3. The van der Waals surface area contributed by atoms with Gasteiger partial charge in [0.15, 0.2) is 0 Å². The first-order valence-electron chi connectivity index (χ1n) is 7.03. The molecule has 0 atom stereocenters. The molecule has 6 heteroatoms. The standard InChI is InChI=1S/C15H18N4O2/c1-10-3-6-12(14(20)17-10)15(21)19(11-4-5-11)9-13-16-7-8-18(13)2/h3,6-8,11H,4-5,9H2,1-2H3,(H,17,20). The molecule has 1 amide bonds. The van der Waals surface area contributed by atoms with Gasteiger partial charge in [0.05, 0.1) is 6.54 Å². The second kappa shape index (κ2) is 5.20. The first-order chi connectivity index (χ1) is 10.1. The fourth-order valence-electron chi connectivity index (χ4n) is 2.35. The number of hydrogen-bond donors (Lipinski definition) is 1. The highest BCUT2D eigenvalue weighted by Crippen LogP contribution is 2.29. The third-order valence-corrected chi connectivity index (χ3v) is 3.77. The number of H-pyrrole nitrogens is 1. The molecule has 2 aromatic heterocycles. The van der Waals surface area contributed by atoms with Crippen LogP contribution in [0, 0.1) is 6.92 Å². The Balaban J connectivity index is 1.89. The van der Waals surface area contributed by atoms with Crippen LogP contribution in [0.4, 0.5) is 0 Å². The number of aromatic amines is 1. The summed E-state index contributed by atoms with van der Waals surface area (Å²) < 4.78 is 1.89. The normalized spacial score (nSPS) is 14.2. The molecule has 2 heterocycles. The van der Waals surface area contributed by atoms with Gasteiger partial charge in [-0.25, -0.2) is 4.98 Å². The Morgan fingerprint density at radius 3 is 2.81 bits per heavy atom. The molecule has 0 aromatic carbocycles. The Bertz CT molecular complexity index is 727. The van der Waals surface area contributed by atoms with Gasteiger partial charge in [0, 0.05) is 31.2 Å². The maximum Gasteiger partial charge on any atom is 0.260 e. The second-order valence-corrected chi connectivity index (χ2v) is 5.50. The van der Waals surface area contributed by atoms with E-state index < -0.39 is 0 Å². The van der Waals surface area contributed by atoms with Crippen molar-refractivity contribution in [3.8, 4) is 0 Å². The summed E-state index contributed by atoms with van der Waals surface area (Å²) in [6, 6.07) is 3.57. The Hall–Kier alpha value is -2.37. The lowest BCUT2D eigenvalue weighted by atomic mass is 10.2. The largest absolute Gasteiger partial charge is 0.337 e. The number of nitrogens with zero attached hydrogens (tertiary/aromatic N) is 3. The molecule has 6 nitrogen and oxygen atoms in total. The van der Waals surface area contributed by atoms with E-state index in [4.69, 9.17) is 0 Å². The van der Waals surface area contributed by atoms with E-state index >= 15 is 0 Å². The van der Waals surface area contributed by atoms with Crippen molar-refractivity contribution < 1.29 is 4.79 Å². The minimum Gasteiger partial charge on any atom is -0.337 e. The van der Waals surface area contributed by atoms with E-state index in [1.807, 2.05) is 17.8 Å². The minimum atomic E-state index is -0.328. The van der Waals surface area contributed by atoms with Crippen LogP contribution in [0.5, 0.6) is 0 Å². The van der Waals surface area contributed by atoms with Gasteiger partial charge in [0.25, 0.3) is 11.5 Å². The molecule has 0 unspecified atom stereocenters. The van der Waals surface area contributed by atoms with Crippen LogP contribution in [0.1, 0.15) is 34.7 Å². The highest BCUT2D eigenvalue weighted by Gasteiger charge is 2.34. The van der Waals surface area contributed by atoms with Gasteiger partial charge in [-0.2, -0.15) is 0 Å². The van der Waals surface area contributed by atoms with Crippen LogP contribution in [0.25, 0.3) is 0 Å². The summed E-state index contributed by atoms with van der Waals surface area (Å²) in [4.78, 5) is 33.3.